The fourth-order valence-corrected chi connectivity index (χ4v) is 2.16. The third-order valence-electron chi connectivity index (χ3n) is 3.27. The third kappa shape index (κ3) is 2.95. The molecule has 1 aromatic heterocycles. The number of aryl methyl sites for hydroxylation is 1. The molecule has 0 unspecified atom stereocenters. The Kier molecular flexibility index (Phi) is 3.90. The monoisotopic (exact) mass is 271 g/mol. The fraction of sp³-hybridized carbons (Fsp3) is 0.333. The molecule has 5 nitrogen and oxygen atoms in total. The highest BCUT2D eigenvalue weighted by atomic mass is 16.5. The first-order chi connectivity index (χ1) is 9.83. The van der Waals surface area contributed by atoms with Crippen LogP contribution >= 0.6 is 0 Å². The van der Waals surface area contributed by atoms with Crippen molar-refractivity contribution in [2.45, 2.75) is 13.0 Å². The van der Waals surface area contributed by atoms with Gasteiger partial charge in [0.25, 0.3) is 0 Å². The summed E-state index contributed by atoms with van der Waals surface area (Å²) in [5, 5.41) is 11.1. The van der Waals surface area contributed by atoms with Crippen molar-refractivity contribution < 1.29 is 9.47 Å². The SMILES string of the molecule is Cc1ccc([C@H]2CNCCO2)cc1Oc1cccnn1. The lowest BCUT2D eigenvalue weighted by Gasteiger charge is -2.24. The topological polar surface area (TPSA) is 56.3 Å². The van der Waals surface area contributed by atoms with Crippen molar-refractivity contribution in [2.75, 3.05) is 19.7 Å². The molecule has 1 aliphatic rings. The minimum Gasteiger partial charge on any atom is -0.437 e. The van der Waals surface area contributed by atoms with E-state index >= 15 is 0 Å². The van der Waals surface area contributed by atoms with Gasteiger partial charge in [0, 0.05) is 25.4 Å². The van der Waals surface area contributed by atoms with Crippen LogP contribution in [0, 0.1) is 6.92 Å². The molecular formula is C15H17N3O2. The molecule has 0 amide bonds. The second-order valence-corrected chi connectivity index (χ2v) is 4.75. The zero-order valence-corrected chi connectivity index (χ0v) is 11.4. The van der Waals surface area contributed by atoms with E-state index in [4.69, 9.17) is 9.47 Å². The Balaban J connectivity index is 1.83. The summed E-state index contributed by atoms with van der Waals surface area (Å²) in [5.74, 6) is 1.28. The second-order valence-electron chi connectivity index (χ2n) is 4.75. The van der Waals surface area contributed by atoms with Crippen LogP contribution in [0.4, 0.5) is 0 Å². The predicted molar refractivity (Wildman–Crippen MR) is 74.8 cm³/mol. The standard InChI is InChI=1S/C15H17N3O2/c1-11-4-5-12(14-10-16-7-8-19-14)9-13(11)20-15-3-2-6-17-18-15/h2-6,9,14,16H,7-8,10H2,1H3/t14-/m1/s1. The maximum Gasteiger partial charge on any atom is 0.238 e. The van der Waals surface area contributed by atoms with Gasteiger partial charge in [0.2, 0.25) is 5.88 Å². The maximum absolute atomic E-state index is 5.79. The molecule has 2 aromatic rings. The van der Waals surface area contributed by atoms with E-state index in [1.54, 1.807) is 18.3 Å². The number of benzene rings is 1. The summed E-state index contributed by atoms with van der Waals surface area (Å²) < 4.78 is 11.6. The Morgan fingerprint density at radius 1 is 1.35 bits per heavy atom. The van der Waals surface area contributed by atoms with Crippen LogP contribution in [0.2, 0.25) is 0 Å². The molecule has 5 heteroatoms. The Hall–Kier alpha value is -1.98. The van der Waals surface area contributed by atoms with Gasteiger partial charge in [-0.05, 0) is 30.2 Å². The Morgan fingerprint density at radius 2 is 2.30 bits per heavy atom. The molecule has 3 rings (SSSR count). The molecule has 1 N–H and O–H groups in total. The summed E-state index contributed by atoms with van der Waals surface area (Å²) in [6, 6.07) is 9.73. The Morgan fingerprint density at radius 3 is 3.05 bits per heavy atom. The van der Waals surface area contributed by atoms with E-state index < -0.39 is 0 Å². The zero-order chi connectivity index (χ0) is 13.8. The van der Waals surface area contributed by atoms with E-state index in [-0.39, 0.29) is 6.10 Å². The van der Waals surface area contributed by atoms with Crippen molar-refractivity contribution >= 4 is 0 Å². The van der Waals surface area contributed by atoms with Gasteiger partial charge >= 0.3 is 0 Å². The van der Waals surface area contributed by atoms with Crippen LogP contribution in [-0.2, 0) is 4.74 Å². The van der Waals surface area contributed by atoms with Gasteiger partial charge < -0.3 is 14.8 Å². The molecule has 1 aromatic carbocycles. The number of aromatic nitrogens is 2. The van der Waals surface area contributed by atoms with Crippen LogP contribution in [0.3, 0.4) is 0 Å². The fourth-order valence-electron chi connectivity index (χ4n) is 2.16. The van der Waals surface area contributed by atoms with Crippen LogP contribution in [0.25, 0.3) is 0 Å². The van der Waals surface area contributed by atoms with Crippen molar-refractivity contribution in [2.24, 2.45) is 0 Å². The molecule has 0 radical (unpaired) electrons. The van der Waals surface area contributed by atoms with Crippen molar-refractivity contribution in [3.63, 3.8) is 0 Å². The summed E-state index contributed by atoms with van der Waals surface area (Å²) in [5.41, 5.74) is 2.17. The normalized spacial score (nSPS) is 18.8. The lowest BCUT2D eigenvalue weighted by molar-refractivity contribution is 0.0276. The number of ether oxygens (including phenoxy) is 2. The summed E-state index contributed by atoms with van der Waals surface area (Å²) >= 11 is 0. The first kappa shape index (κ1) is 13.0. The van der Waals surface area contributed by atoms with Gasteiger partial charge in [-0.25, -0.2) is 0 Å². The molecule has 1 aliphatic heterocycles. The summed E-state index contributed by atoms with van der Waals surface area (Å²) in [7, 11) is 0. The van der Waals surface area contributed by atoms with Crippen molar-refractivity contribution in [1.82, 2.24) is 15.5 Å². The first-order valence-corrected chi connectivity index (χ1v) is 6.71. The van der Waals surface area contributed by atoms with Gasteiger partial charge in [0.1, 0.15) is 5.75 Å². The second kappa shape index (κ2) is 5.98. The van der Waals surface area contributed by atoms with Crippen molar-refractivity contribution in [1.29, 1.82) is 0 Å². The highest BCUT2D eigenvalue weighted by Gasteiger charge is 2.17. The lowest BCUT2D eigenvalue weighted by atomic mass is 10.1. The molecule has 20 heavy (non-hydrogen) atoms. The minimum absolute atomic E-state index is 0.0774. The minimum atomic E-state index is 0.0774. The number of rotatable bonds is 3. The number of nitrogens with zero attached hydrogens (tertiary/aromatic N) is 2. The van der Waals surface area contributed by atoms with Crippen LogP contribution in [0.5, 0.6) is 11.6 Å². The summed E-state index contributed by atoms with van der Waals surface area (Å²) in [6.45, 7) is 4.48. The van der Waals surface area contributed by atoms with Gasteiger partial charge in [-0.2, -0.15) is 5.10 Å². The van der Waals surface area contributed by atoms with E-state index in [9.17, 15) is 0 Å². The van der Waals surface area contributed by atoms with Crippen LogP contribution in [0.15, 0.2) is 36.5 Å². The molecular weight excluding hydrogens is 254 g/mol. The maximum atomic E-state index is 5.79. The van der Waals surface area contributed by atoms with E-state index in [1.165, 1.54) is 0 Å². The van der Waals surface area contributed by atoms with Crippen LogP contribution in [0.1, 0.15) is 17.2 Å². The number of morpholine rings is 1. The molecule has 1 saturated heterocycles. The van der Waals surface area contributed by atoms with E-state index in [0.29, 0.717) is 5.88 Å². The highest BCUT2D eigenvalue weighted by molar-refractivity contribution is 5.39. The van der Waals surface area contributed by atoms with Gasteiger partial charge in [0.15, 0.2) is 0 Å². The lowest BCUT2D eigenvalue weighted by Crippen LogP contribution is -2.33. The molecule has 0 spiro atoms. The van der Waals surface area contributed by atoms with Gasteiger partial charge in [0.05, 0.1) is 12.7 Å². The molecule has 0 saturated carbocycles. The Bertz CT molecular complexity index is 569. The van der Waals surface area contributed by atoms with E-state index in [0.717, 1.165) is 36.6 Å². The van der Waals surface area contributed by atoms with Crippen LogP contribution in [-0.4, -0.2) is 29.9 Å². The molecule has 2 heterocycles. The van der Waals surface area contributed by atoms with Gasteiger partial charge in [-0.15, -0.1) is 5.10 Å². The van der Waals surface area contributed by atoms with Crippen molar-refractivity contribution in [3.8, 4) is 11.6 Å². The Labute approximate surface area is 117 Å². The molecule has 0 bridgehead atoms. The van der Waals surface area contributed by atoms with Gasteiger partial charge in [-0.3, -0.25) is 0 Å². The van der Waals surface area contributed by atoms with E-state index in [2.05, 4.69) is 21.6 Å². The molecule has 104 valence electrons. The number of hydrogen-bond acceptors (Lipinski definition) is 5. The number of hydrogen-bond donors (Lipinski definition) is 1. The largest absolute Gasteiger partial charge is 0.437 e. The molecule has 1 atom stereocenters. The quantitative estimate of drug-likeness (QED) is 0.927. The predicted octanol–water partition coefficient (Wildman–Crippen LogP) is 2.24. The van der Waals surface area contributed by atoms with Gasteiger partial charge in [-0.1, -0.05) is 12.1 Å². The summed E-state index contributed by atoms with van der Waals surface area (Å²) in [6.07, 6.45) is 1.70. The first-order valence-electron chi connectivity index (χ1n) is 6.71. The van der Waals surface area contributed by atoms with Crippen molar-refractivity contribution in [3.05, 3.63) is 47.7 Å². The molecule has 0 aliphatic carbocycles. The smallest absolute Gasteiger partial charge is 0.238 e. The highest BCUT2D eigenvalue weighted by Crippen LogP contribution is 2.28. The zero-order valence-electron chi connectivity index (χ0n) is 11.4. The summed E-state index contributed by atoms with van der Waals surface area (Å²) in [4.78, 5) is 0. The third-order valence-corrected chi connectivity index (χ3v) is 3.27. The number of nitrogens with one attached hydrogen (secondary N) is 1. The average molecular weight is 271 g/mol. The van der Waals surface area contributed by atoms with E-state index in [1.807, 2.05) is 19.1 Å². The molecule has 1 fully saturated rings. The van der Waals surface area contributed by atoms with Crippen LogP contribution < -0.4 is 10.1 Å². The average Bonchev–Trinajstić information content (AvgIpc) is 2.51.